The maximum Gasteiger partial charge on any atom is 0.339 e. The highest BCUT2D eigenvalue weighted by Gasteiger charge is 2.22. The molecule has 2 N–H and O–H groups in total. The summed E-state index contributed by atoms with van der Waals surface area (Å²) in [5.74, 6) is -0.952. The van der Waals surface area contributed by atoms with Crippen molar-refractivity contribution in [2.45, 2.75) is 25.7 Å². The molecule has 0 aromatic heterocycles. The van der Waals surface area contributed by atoms with Crippen LogP contribution in [0.3, 0.4) is 0 Å². The van der Waals surface area contributed by atoms with E-state index < -0.39 is 16.0 Å². The van der Waals surface area contributed by atoms with Gasteiger partial charge in [-0.1, -0.05) is 17.7 Å². The van der Waals surface area contributed by atoms with Gasteiger partial charge in [0.15, 0.2) is 11.5 Å². The third-order valence-electron chi connectivity index (χ3n) is 5.21. The minimum atomic E-state index is -4.26. The van der Waals surface area contributed by atoms with Gasteiger partial charge in [0, 0.05) is 18.3 Å². The molecule has 9 nitrogen and oxygen atoms in total. The lowest BCUT2D eigenvalue weighted by molar-refractivity contribution is -0.114. The normalized spacial score (nSPS) is 11.3. The van der Waals surface area contributed by atoms with Crippen LogP contribution in [0, 0.1) is 25.2 Å². The lowest BCUT2D eigenvalue weighted by atomic mass is 10.1. The first-order chi connectivity index (χ1) is 17.9. The van der Waals surface area contributed by atoms with E-state index in [9.17, 15) is 23.3 Å². The van der Waals surface area contributed by atoms with E-state index in [1.807, 2.05) is 32.0 Å². The van der Waals surface area contributed by atoms with Crippen LogP contribution in [0.2, 0.25) is 0 Å². The fourth-order valence-corrected chi connectivity index (χ4v) is 5.03. The summed E-state index contributed by atoms with van der Waals surface area (Å²) >= 11 is 3.29. The Morgan fingerprint density at radius 2 is 1.71 bits per heavy atom. The average Bonchev–Trinajstić information content (AvgIpc) is 2.85. The van der Waals surface area contributed by atoms with Crippen molar-refractivity contribution in [3.63, 3.8) is 0 Å². The SMILES string of the molecule is COc1cc(/C=C(\C#N)C(=O)Nc2ccc(C)cc2C)cc(Br)c1OS(=O)(=O)c1ccc(NC(C)=O)cc1. The summed E-state index contributed by atoms with van der Waals surface area (Å²) < 4.78 is 36.7. The lowest BCUT2D eigenvalue weighted by Gasteiger charge is -2.14. The molecule has 0 heterocycles. The van der Waals surface area contributed by atoms with Crippen LogP contribution in [0.1, 0.15) is 23.6 Å². The van der Waals surface area contributed by atoms with Gasteiger partial charge in [-0.25, -0.2) is 0 Å². The minimum Gasteiger partial charge on any atom is -0.493 e. The maximum atomic E-state index is 12.9. The number of ether oxygens (including phenoxy) is 1. The predicted molar refractivity (Wildman–Crippen MR) is 147 cm³/mol. The highest BCUT2D eigenvalue weighted by Crippen LogP contribution is 2.39. The number of benzene rings is 3. The molecule has 0 saturated carbocycles. The summed E-state index contributed by atoms with van der Waals surface area (Å²) in [5.41, 5.74) is 3.14. The van der Waals surface area contributed by atoms with Gasteiger partial charge < -0.3 is 19.6 Å². The summed E-state index contributed by atoms with van der Waals surface area (Å²) in [7, 11) is -2.94. The van der Waals surface area contributed by atoms with E-state index in [1.54, 1.807) is 6.07 Å². The van der Waals surface area contributed by atoms with Crippen molar-refractivity contribution in [1.29, 1.82) is 5.26 Å². The van der Waals surface area contributed by atoms with Crippen LogP contribution in [0.5, 0.6) is 11.5 Å². The molecule has 0 aliphatic rings. The van der Waals surface area contributed by atoms with Crippen LogP contribution in [-0.4, -0.2) is 27.3 Å². The summed E-state index contributed by atoms with van der Waals surface area (Å²) in [6.45, 7) is 5.13. The number of hydrogen-bond donors (Lipinski definition) is 2. The Hall–Kier alpha value is -4.14. The molecule has 0 fully saturated rings. The zero-order valence-corrected chi connectivity index (χ0v) is 23.4. The van der Waals surface area contributed by atoms with Crippen molar-refractivity contribution in [3.05, 3.63) is 81.3 Å². The molecule has 0 spiro atoms. The van der Waals surface area contributed by atoms with E-state index in [2.05, 4.69) is 26.6 Å². The molecule has 11 heteroatoms. The van der Waals surface area contributed by atoms with E-state index in [4.69, 9.17) is 8.92 Å². The number of anilines is 2. The number of methoxy groups -OCH3 is 1. The molecule has 0 radical (unpaired) electrons. The van der Waals surface area contributed by atoms with Gasteiger partial charge in [0.2, 0.25) is 5.91 Å². The summed E-state index contributed by atoms with van der Waals surface area (Å²) in [6.07, 6.45) is 1.35. The third kappa shape index (κ3) is 7.00. The zero-order valence-electron chi connectivity index (χ0n) is 21.0. The first-order valence-electron chi connectivity index (χ1n) is 11.1. The number of nitrogens with zero attached hydrogens (tertiary/aromatic N) is 1. The van der Waals surface area contributed by atoms with Crippen LogP contribution < -0.4 is 19.6 Å². The Kier molecular flexibility index (Phi) is 8.93. The largest absolute Gasteiger partial charge is 0.493 e. The zero-order chi connectivity index (χ0) is 28.0. The summed E-state index contributed by atoms with van der Waals surface area (Å²) in [5, 5.41) is 14.9. The Morgan fingerprint density at radius 1 is 1.03 bits per heavy atom. The van der Waals surface area contributed by atoms with Gasteiger partial charge >= 0.3 is 10.1 Å². The van der Waals surface area contributed by atoms with Gasteiger partial charge in [-0.3, -0.25) is 9.59 Å². The Morgan fingerprint density at radius 3 is 2.29 bits per heavy atom. The number of hydrogen-bond acceptors (Lipinski definition) is 7. The van der Waals surface area contributed by atoms with E-state index in [-0.39, 0.29) is 32.3 Å². The molecule has 3 aromatic carbocycles. The highest BCUT2D eigenvalue weighted by molar-refractivity contribution is 9.10. The number of carbonyl (C=O) groups excluding carboxylic acids is 2. The topological polar surface area (TPSA) is 135 Å². The van der Waals surface area contributed by atoms with E-state index in [1.165, 1.54) is 56.5 Å². The Bertz CT molecular complexity index is 1580. The lowest BCUT2D eigenvalue weighted by Crippen LogP contribution is -2.14. The standard InChI is InChI=1S/C27H24BrN3O6S/c1-16-5-10-24(17(2)11-16)31-27(33)20(15-29)12-19-13-23(28)26(25(14-19)36-4)37-38(34,35)22-8-6-21(7-9-22)30-18(3)32/h5-14H,1-4H3,(H,30,32)(H,31,33)/b20-12+. The number of carbonyl (C=O) groups is 2. The molecule has 3 rings (SSSR count). The smallest absolute Gasteiger partial charge is 0.339 e. The van der Waals surface area contributed by atoms with Crippen LogP contribution >= 0.6 is 15.9 Å². The van der Waals surface area contributed by atoms with Gasteiger partial charge in [-0.15, -0.1) is 0 Å². The molecule has 0 unspecified atom stereocenters. The molecular formula is C27H24BrN3O6S. The second kappa shape index (κ2) is 11.9. The average molecular weight is 598 g/mol. The Labute approximate surface area is 229 Å². The van der Waals surface area contributed by atoms with Gasteiger partial charge in [0.1, 0.15) is 16.5 Å². The van der Waals surface area contributed by atoms with E-state index in [0.29, 0.717) is 16.9 Å². The fourth-order valence-electron chi connectivity index (χ4n) is 3.43. The molecule has 38 heavy (non-hydrogen) atoms. The second-order valence-electron chi connectivity index (χ2n) is 8.22. The highest BCUT2D eigenvalue weighted by atomic mass is 79.9. The van der Waals surface area contributed by atoms with Crippen molar-refractivity contribution < 1.29 is 26.9 Å². The predicted octanol–water partition coefficient (Wildman–Crippen LogP) is 5.35. The van der Waals surface area contributed by atoms with Gasteiger partial charge in [0.05, 0.1) is 11.6 Å². The molecule has 3 aromatic rings. The number of halogens is 1. The van der Waals surface area contributed by atoms with Gasteiger partial charge in [-0.2, -0.15) is 13.7 Å². The first-order valence-corrected chi connectivity index (χ1v) is 13.3. The van der Waals surface area contributed by atoms with Crippen LogP contribution in [0.25, 0.3) is 6.08 Å². The molecule has 0 atom stereocenters. The number of aryl methyl sites for hydroxylation is 2. The second-order valence-corrected chi connectivity index (χ2v) is 10.6. The maximum absolute atomic E-state index is 12.9. The molecule has 0 aliphatic heterocycles. The number of amides is 2. The molecular weight excluding hydrogens is 574 g/mol. The summed E-state index contributed by atoms with van der Waals surface area (Å²) in [6, 6.07) is 15.8. The number of rotatable bonds is 8. The van der Waals surface area contributed by atoms with Crippen molar-refractivity contribution in [3.8, 4) is 17.6 Å². The molecule has 0 bridgehead atoms. The number of nitrogens with one attached hydrogen (secondary N) is 2. The van der Waals surface area contributed by atoms with Crippen LogP contribution in [0.4, 0.5) is 11.4 Å². The number of nitriles is 1. The molecule has 0 aliphatic carbocycles. The van der Waals surface area contributed by atoms with Crippen LogP contribution in [-0.2, 0) is 19.7 Å². The summed E-state index contributed by atoms with van der Waals surface area (Å²) in [4.78, 5) is 23.8. The minimum absolute atomic E-state index is 0.0520. The monoisotopic (exact) mass is 597 g/mol. The van der Waals surface area contributed by atoms with Gasteiger partial charge in [0.25, 0.3) is 5.91 Å². The third-order valence-corrected chi connectivity index (χ3v) is 7.04. The molecule has 196 valence electrons. The van der Waals surface area contributed by atoms with E-state index >= 15 is 0 Å². The van der Waals surface area contributed by atoms with Crippen molar-refractivity contribution >= 4 is 55.3 Å². The van der Waals surface area contributed by atoms with Gasteiger partial charge in [-0.05, 0) is 89.4 Å². The molecule has 2 amide bonds. The van der Waals surface area contributed by atoms with Crippen molar-refractivity contribution in [1.82, 2.24) is 0 Å². The fraction of sp³-hybridized carbons (Fsp3) is 0.148. The van der Waals surface area contributed by atoms with Crippen LogP contribution in [0.15, 0.2) is 69.5 Å². The molecule has 0 saturated heterocycles. The Balaban J connectivity index is 1.88. The van der Waals surface area contributed by atoms with E-state index in [0.717, 1.165) is 11.1 Å². The first kappa shape index (κ1) is 28.4. The van der Waals surface area contributed by atoms with Crippen molar-refractivity contribution in [2.24, 2.45) is 0 Å². The quantitative estimate of drug-likeness (QED) is 0.203. The van der Waals surface area contributed by atoms with Crippen molar-refractivity contribution in [2.75, 3.05) is 17.7 Å².